The number of hydrogen-bond donors (Lipinski definition) is 0. The molecule has 0 heterocycles. The number of aryl methyl sites for hydroxylation is 1. The lowest BCUT2D eigenvalue weighted by molar-refractivity contribution is -0.305. The second kappa shape index (κ2) is 6.01. The van der Waals surface area contributed by atoms with Crippen molar-refractivity contribution in [3.05, 3.63) is 71.3 Å². The van der Waals surface area contributed by atoms with Crippen LogP contribution in [0.5, 0.6) is 0 Å². The van der Waals surface area contributed by atoms with E-state index in [4.69, 9.17) is 0 Å². The van der Waals surface area contributed by atoms with E-state index >= 15 is 0 Å². The summed E-state index contributed by atoms with van der Waals surface area (Å²) in [5.74, 6) is -0.997. The minimum Gasteiger partial charge on any atom is -0.550 e. The summed E-state index contributed by atoms with van der Waals surface area (Å²) in [6.45, 7) is 0. The molecule has 0 saturated heterocycles. The van der Waals surface area contributed by atoms with E-state index in [-0.39, 0.29) is 6.42 Å². The first-order chi connectivity index (χ1) is 8.74. The zero-order valence-electron chi connectivity index (χ0n) is 10.1. The van der Waals surface area contributed by atoms with Gasteiger partial charge in [0.2, 0.25) is 0 Å². The highest BCUT2D eigenvalue weighted by Crippen LogP contribution is 2.11. The van der Waals surface area contributed by atoms with Crippen LogP contribution in [-0.2, 0) is 17.6 Å². The highest BCUT2D eigenvalue weighted by atomic mass is 16.4. The maximum atomic E-state index is 10.4. The van der Waals surface area contributed by atoms with Crippen molar-refractivity contribution in [2.75, 3.05) is 0 Å². The Morgan fingerprint density at radius 3 is 2.00 bits per heavy atom. The van der Waals surface area contributed by atoms with Gasteiger partial charge in [-0.2, -0.15) is 0 Å². The smallest absolute Gasteiger partial charge is 0.0417 e. The van der Waals surface area contributed by atoms with Gasteiger partial charge >= 0.3 is 0 Å². The highest BCUT2D eigenvalue weighted by molar-refractivity contribution is 5.64. The lowest BCUT2D eigenvalue weighted by atomic mass is 10.0. The fraction of sp³-hybridized carbons (Fsp3) is 0.188. The van der Waals surface area contributed by atoms with Crippen LogP contribution < -0.4 is 5.11 Å². The van der Waals surface area contributed by atoms with Crippen molar-refractivity contribution in [3.8, 4) is 0 Å². The largest absolute Gasteiger partial charge is 0.550 e. The van der Waals surface area contributed by atoms with E-state index in [1.807, 2.05) is 30.3 Å². The molecule has 0 aliphatic rings. The lowest BCUT2D eigenvalue weighted by Crippen LogP contribution is -2.22. The molecule has 0 saturated carbocycles. The predicted molar refractivity (Wildman–Crippen MR) is 69.0 cm³/mol. The first-order valence-corrected chi connectivity index (χ1v) is 6.05. The second-order valence-corrected chi connectivity index (χ2v) is 4.35. The molecule has 2 aromatic rings. The van der Waals surface area contributed by atoms with Crippen LogP contribution in [0.4, 0.5) is 0 Å². The second-order valence-electron chi connectivity index (χ2n) is 4.35. The van der Waals surface area contributed by atoms with Crippen LogP contribution >= 0.6 is 0 Å². The van der Waals surface area contributed by atoms with Gasteiger partial charge in [-0.15, -0.1) is 0 Å². The third kappa shape index (κ3) is 3.74. The van der Waals surface area contributed by atoms with Gasteiger partial charge < -0.3 is 9.90 Å². The zero-order chi connectivity index (χ0) is 12.8. The fourth-order valence-electron chi connectivity index (χ4n) is 1.90. The number of carbonyl (C=O) groups excluding carboxylic acids is 1. The standard InChI is InChI=1S/C16H16O2/c17-16(18)11-10-13-6-8-15(9-7-13)12-14-4-2-1-3-5-14/h1-9H,10-12H2,(H,17,18)/p-1. The van der Waals surface area contributed by atoms with Gasteiger partial charge in [-0.1, -0.05) is 54.6 Å². The molecule has 92 valence electrons. The van der Waals surface area contributed by atoms with Gasteiger partial charge in [-0.05, 0) is 36.0 Å². The summed E-state index contributed by atoms with van der Waals surface area (Å²) in [6, 6.07) is 18.4. The predicted octanol–water partition coefficient (Wildman–Crippen LogP) is 1.96. The summed E-state index contributed by atoms with van der Waals surface area (Å²) in [5, 5.41) is 10.4. The zero-order valence-corrected chi connectivity index (χ0v) is 10.1. The summed E-state index contributed by atoms with van der Waals surface area (Å²) in [5.41, 5.74) is 3.55. The molecule has 0 spiro atoms. The van der Waals surface area contributed by atoms with E-state index in [9.17, 15) is 9.90 Å². The number of rotatable bonds is 5. The van der Waals surface area contributed by atoms with Crippen molar-refractivity contribution in [1.29, 1.82) is 0 Å². The Kier molecular flexibility index (Phi) is 4.13. The molecule has 0 aliphatic carbocycles. The molecule has 2 heteroatoms. The van der Waals surface area contributed by atoms with Crippen LogP contribution in [0.1, 0.15) is 23.1 Å². The monoisotopic (exact) mass is 239 g/mol. The van der Waals surface area contributed by atoms with Crippen LogP contribution in [0.3, 0.4) is 0 Å². The summed E-state index contributed by atoms with van der Waals surface area (Å²) in [6.07, 6.45) is 1.52. The first kappa shape index (κ1) is 12.4. The summed E-state index contributed by atoms with van der Waals surface area (Å²) >= 11 is 0. The quantitative estimate of drug-likeness (QED) is 0.800. The van der Waals surface area contributed by atoms with Crippen LogP contribution in [0, 0.1) is 0 Å². The van der Waals surface area contributed by atoms with Gasteiger partial charge in [0.05, 0.1) is 0 Å². The van der Waals surface area contributed by atoms with Crippen molar-refractivity contribution in [2.45, 2.75) is 19.3 Å². The van der Waals surface area contributed by atoms with Crippen molar-refractivity contribution in [3.63, 3.8) is 0 Å². The minimum absolute atomic E-state index is 0.0814. The fourth-order valence-corrected chi connectivity index (χ4v) is 1.90. The van der Waals surface area contributed by atoms with Gasteiger partial charge in [0.25, 0.3) is 0 Å². The Morgan fingerprint density at radius 1 is 0.833 bits per heavy atom. The number of carbonyl (C=O) groups is 1. The number of hydrogen-bond acceptors (Lipinski definition) is 2. The third-order valence-corrected chi connectivity index (χ3v) is 2.89. The molecule has 0 fully saturated rings. The Bertz CT molecular complexity index is 500. The molecular formula is C16H15O2-. The van der Waals surface area contributed by atoms with E-state index in [0.29, 0.717) is 6.42 Å². The summed E-state index contributed by atoms with van der Waals surface area (Å²) in [4.78, 5) is 10.4. The molecule has 0 aromatic heterocycles. The normalized spacial score (nSPS) is 10.2. The lowest BCUT2D eigenvalue weighted by Gasteiger charge is -2.05. The summed E-state index contributed by atoms with van der Waals surface area (Å²) < 4.78 is 0. The van der Waals surface area contributed by atoms with Crippen LogP contribution in [0.25, 0.3) is 0 Å². The Labute approximate surface area is 107 Å². The minimum atomic E-state index is -0.997. The average Bonchev–Trinajstić information content (AvgIpc) is 2.39. The maximum absolute atomic E-state index is 10.4. The molecule has 2 aromatic carbocycles. The van der Waals surface area contributed by atoms with Crippen LogP contribution in [0.2, 0.25) is 0 Å². The van der Waals surface area contributed by atoms with Crippen LogP contribution in [0.15, 0.2) is 54.6 Å². The Morgan fingerprint density at radius 2 is 1.39 bits per heavy atom. The Balaban J connectivity index is 1.97. The van der Waals surface area contributed by atoms with Gasteiger partial charge in [-0.3, -0.25) is 0 Å². The molecule has 2 nitrogen and oxygen atoms in total. The summed E-state index contributed by atoms with van der Waals surface area (Å²) in [7, 11) is 0. The van der Waals surface area contributed by atoms with E-state index < -0.39 is 5.97 Å². The van der Waals surface area contributed by atoms with Crippen LogP contribution in [-0.4, -0.2) is 5.97 Å². The number of carboxylic acid groups (broad SMARTS) is 1. The Hall–Kier alpha value is -2.09. The maximum Gasteiger partial charge on any atom is 0.0417 e. The molecule has 2 rings (SSSR count). The van der Waals surface area contributed by atoms with E-state index in [0.717, 1.165) is 12.0 Å². The molecule has 0 aliphatic heterocycles. The molecule has 18 heavy (non-hydrogen) atoms. The van der Waals surface area contributed by atoms with Gasteiger partial charge in [0.1, 0.15) is 0 Å². The number of benzene rings is 2. The van der Waals surface area contributed by atoms with Crippen molar-refractivity contribution < 1.29 is 9.90 Å². The molecular weight excluding hydrogens is 224 g/mol. The first-order valence-electron chi connectivity index (χ1n) is 6.05. The molecule has 0 atom stereocenters. The van der Waals surface area contributed by atoms with Crippen molar-refractivity contribution >= 4 is 5.97 Å². The molecule has 0 N–H and O–H groups in total. The van der Waals surface area contributed by atoms with Gasteiger partial charge in [-0.25, -0.2) is 0 Å². The number of aliphatic carboxylic acids is 1. The third-order valence-electron chi connectivity index (χ3n) is 2.89. The highest BCUT2D eigenvalue weighted by Gasteiger charge is 1.97. The molecule has 0 bridgehead atoms. The molecule has 0 amide bonds. The van der Waals surface area contributed by atoms with Gasteiger partial charge in [0, 0.05) is 5.97 Å². The molecule has 0 unspecified atom stereocenters. The van der Waals surface area contributed by atoms with Gasteiger partial charge in [0.15, 0.2) is 0 Å². The SMILES string of the molecule is O=C([O-])CCc1ccc(Cc2ccccc2)cc1. The van der Waals surface area contributed by atoms with E-state index in [1.54, 1.807) is 0 Å². The van der Waals surface area contributed by atoms with E-state index in [1.165, 1.54) is 11.1 Å². The number of carboxylic acids is 1. The van der Waals surface area contributed by atoms with Crippen molar-refractivity contribution in [2.24, 2.45) is 0 Å². The van der Waals surface area contributed by atoms with Crippen molar-refractivity contribution in [1.82, 2.24) is 0 Å². The topological polar surface area (TPSA) is 40.1 Å². The molecule has 0 radical (unpaired) electrons. The van der Waals surface area contributed by atoms with E-state index in [2.05, 4.69) is 24.3 Å². The average molecular weight is 239 g/mol.